The van der Waals surface area contributed by atoms with Crippen molar-refractivity contribution in [2.24, 2.45) is 0 Å². The maximum atomic E-state index is 11.7. The van der Waals surface area contributed by atoms with Crippen LogP contribution in [0.25, 0.3) is 0 Å². The number of anilines is 1. The molecule has 0 radical (unpaired) electrons. The smallest absolute Gasteiger partial charge is 0.325 e. The number of amides is 1. The number of carbonyl (C=O) groups is 1. The van der Waals surface area contributed by atoms with E-state index in [9.17, 15) is 9.59 Å². The number of nitrogens with one attached hydrogen (secondary N) is 2. The third kappa shape index (κ3) is 4.26. The van der Waals surface area contributed by atoms with Crippen molar-refractivity contribution in [1.29, 1.82) is 0 Å². The summed E-state index contributed by atoms with van der Waals surface area (Å²) in [6, 6.07) is 9.25. The lowest BCUT2D eigenvalue weighted by molar-refractivity contribution is -0.113. The molecule has 98 valence electrons. The predicted molar refractivity (Wildman–Crippen MR) is 75.4 cm³/mol. The first-order chi connectivity index (χ1) is 9.13. The number of H-pyrrole nitrogens is 1. The fourth-order valence-corrected chi connectivity index (χ4v) is 2.17. The van der Waals surface area contributed by atoms with Crippen LogP contribution in [0.4, 0.5) is 5.69 Å². The Morgan fingerprint density at radius 2 is 2.26 bits per heavy atom. The van der Waals surface area contributed by atoms with Gasteiger partial charge in [0.05, 0.1) is 10.8 Å². The molecule has 0 atom stereocenters. The van der Waals surface area contributed by atoms with Crippen molar-refractivity contribution < 1.29 is 4.79 Å². The highest BCUT2D eigenvalue weighted by molar-refractivity contribution is 7.99. The summed E-state index contributed by atoms with van der Waals surface area (Å²) in [5, 5.41) is 3.42. The maximum Gasteiger partial charge on any atom is 0.345 e. The van der Waals surface area contributed by atoms with E-state index in [1.165, 1.54) is 18.0 Å². The van der Waals surface area contributed by atoms with E-state index in [0.717, 1.165) is 11.3 Å². The van der Waals surface area contributed by atoms with E-state index in [2.05, 4.69) is 15.3 Å². The van der Waals surface area contributed by atoms with Gasteiger partial charge in [0, 0.05) is 11.9 Å². The summed E-state index contributed by atoms with van der Waals surface area (Å²) >= 11 is 1.26. The summed E-state index contributed by atoms with van der Waals surface area (Å²) in [5.74, 6) is 0.113. The van der Waals surface area contributed by atoms with Gasteiger partial charge in [0.15, 0.2) is 0 Å². The average molecular weight is 275 g/mol. The highest BCUT2D eigenvalue weighted by Gasteiger charge is 2.04. The summed E-state index contributed by atoms with van der Waals surface area (Å²) in [5.41, 5.74) is 1.45. The number of hydrogen-bond acceptors (Lipinski definition) is 4. The van der Waals surface area contributed by atoms with Crippen LogP contribution in [0.1, 0.15) is 5.56 Å². The summed E-state index contributed by atoms with van der Waals surface area (Å²) in [4.78, 5) is 28.8. The molecule has 2 N–H and O–H groups in total. The molecule has 0 fully saturated rings. The van der Waals surface area contributed by atoms with Crippen molar-refractivity contribution in [2.75, 3.05) is 11.1 Å². The van der Waals surface area contributed by atoms with Crippen molar-refractivity contribution in [2.45, 2.75) is 11.9 Å². The van der Waals surface area contributed by atoms with Gasteiger partial charge < -0.3 is 10.3 Å². The second-order valence-electron chi connectivity index (χ2n) is 3.95. The monoisotopic (exact) mass is 275 g/mol. The fraction of sp³-hybridized carbons (Fsp3) is 0.154. The summed E-state index contributed by atoms with van der Waals surface area (Å²) in [6.45, 7) is 1.96. The molecule has 0 bridgehead atoms. The molecule has 2 rings (SSSR count). The molecular weight excluding hydrogens is 262 g/mol. The van der Waals surface area contributed by atoms with Crippen molar-refractivity contribution in [3.05, 3.63) is 52.6 Å². The summed E-state index contributed by atoms with van der Waals surface area (Å²) < 4.78 is 0. The molecule has 0 aliphatic rings. The summed E-state index contributed by atoms with van der Waals surface area (Å²) in [6.07, 6.45) is 1.42. The Hall–Kier alpha value is -2.08. The second-order valence-corrected chi connectivity index (χ2v) is 4.96. The normalized spacial score (nSPS) is 10.2. The Bertz CT molecular complexity index is 640. The molecule has 0 aliphatic heterocycles. The zero-order valence-electron chi connectivity index (χ0n) is 10.3. The third-order valence-corrected chi connectivity index (χ3v) is 3.26. The molecule has 19 heavy (non-hydrogen) atoms. The Morgan fingerprint density at radius 1 is 1.42 bits per heavy atom. The number of nitrogens with zero attached hydrogens (tertiary/aromatic N) is 1. The molecule has 0 unspecified atom stereocenters. The van der Waals surface area contributed by atoms with Crippen LogP contribution in [0.3, 0.4) is 0 Å². The standard InChI is InChI=1S/C13H13N3O2S/c1-9-3-2-4-10(7-9)15-11(17)8-19-12-5-6-14-13(18)16-12/h2-7H,8H2,1H3,(H,15,17)(H,14,16,18). The van der Waals surface area contributed by atoms with E-state index in [1.807, 2.05) is 31.2 Å². The highest BCUT2D eigenvalue weighted by Crippen LogP contribution is 2.14. The molecule has 1 aromatic carbocycles. The van der Waals surface area contributed by atoms with Gasteiger partial charge in [-0.2, -0.15) is 0 Å². The van der Waals surface area contributed by atoms with E-state index in [4.69, 9.17) is 0 Å². The molecule has 0 aliphatic carbocycles. The largest absolute Gasteiger partial charge is 0.345 e. The molecule has 5 nitrogen and oxygen atoms in total. The van der Waals surface area contributed by atoms with E-state index in [1.54, 1.807) is 6.07 Å². The van der Waals surface area contributed by atoms with Gasteiger partial charge in [-0.25, -0.2) is 9.78 Å². The predicted octanol–water partition coefficient (Wildman–Crippen LogP) is 1.81. The number of hydrogen-bond donors (Lipinski definition) is 2. The molecular formula is C13H13N3O2S. The van der Waals surface area contributed by atoms with Crippen LogP contribution in [0.5, 0.6) is 0 Å². The topological polar surface area (TPSA) is 74.8 Å². The molecule has 1 heterocycles. The minimum atomic E-state index is -0.413. The SMILES string of the molecule is Cc1cccc(NC(=O)CSc2ccnc(=O)[nH]2)c1. The fourth-order valence-electron chi connectivity index (χ4n) is 1.50. The van der Waals surface area contributed by atoms with E-state index in [-0.39, 0.29) is 11.7 Å². The summed E-state index contributed by atoms with van der Waals surface area (Å²) in [7, 11) is 0. The first-order valence-electron chi connectivity index (χ1n) is 5.68. The van der Waals surface area contributed by atoms with E-state index in [0.29, 0.717) is 5.03 Å². The number of aromatic amines is 1. The quantitative estimate of drug-likeness (QED) is 0.659. The van der Waals surface area contributed by atoms with Gasteiger partial charge in [-0.3, -0.25) is 4.79 Å². The van der Waals surface area contributed by atoms with Crippen LogP contribution in [0.2, 0.25) is 0 Å². The van der Waals surface area contributed by atoms with Gasteiger partial charge in [0.1, 0.15) is 0 Å². The third-order valence-electron chi connectivity index (χ3n) is 2.31. The number of aromatic nitrogens is 2. The lowest BCUT2D eigenvalue weighted by atomic mass is 10.2. The number of thioether (sulfide) groups is 1. The maximum absolute atomic E-state index is 11.7. The second kappa shape index (κ2) is 6.19. The van der Waals surface area contributed by atoms with Crippen LogP contribution in [0.15, 0.2) is 46.3 Å². The molecule has 6 heteroatoms. The molecule has 0 saturated heterocycles. The van der Waals surface area contributed by atoms with Crippen LogP contribution in [0, 0.1) is 6.92 Å². The average Bonchev–Trinajstić information content (AvgIpc) is 2.36. The van der Waals surface area contributed by atoms with Crippen molar-refractivity contribution in [3.8, 4) is 0 Å². The van der Waals surface area contributed by atoms with Crippen LogP contribution < -0.4 is 11.0 Å². The number of rotatable bonds is 4. The van der Waals surface area contributed by atoms with E-state index < -0.39 is 5.69 Å². The van der Waals surface area contributed by atoms with Gasteiger partial charge in [0.2, 0.25) is 5.91 Å². The number of carbonyl (C=O) groups excluding carboxylic acids is 1. The van der Waals surface area contributed by atoms with Crippen LogP contribution >= 0.6 is 11.8 Å². The number of aryl methyl sites for hydroxylation is 1. The number of benzene rings is 1. The lowest BCUT2D eigenvalue weighted by Crippen LogP contribution is -2.15. The molecule has 0 saturated carbocycles. The van der Waals surface area contributed by atoms with Gasteiger partial charge in [-0.15, -0.1) is 0 Å². The first-order valence-corrected chi connectivity index (χ1v) is 6.67. The minimum absolute atomic E-state index is 0.117. The van der Waals surface area contributed by atoms with Gasteiger partial charge in [-0.1, -0.05) is 23.9 Å². The Kier molecular flexibility index (Phi) is 4.35. The van der Waals surface area contributed by atoms with Gasteiger partial charge in [-0.05, 0) is 30.7 Å². The van der Waals surface area contributed by atoms with E-state index >= 15 is 0 Å². The molecule has 0 spiro atoms. The lowest BCUT2D eigenvalue weighted by Gasteiger charge is -2.05. The van der Waals surface area contributed by atoms with Gasteiger partial charge in [0.25, 0.3) is 0 Å². The van der Waals surface area contributed by atoms with Crippen LogP contribution in [-0.4, -0.2) is 21.6 Å². The van der Waals surface area contributed by atoms with Crippen LogP contribution in [-0.2, 0) is 4.79 Å². The molecule has 1 aromatic heterocycles. The Balaban J connectivity index is 1.90. The molecule has 2 aromatic rings. The van der Waals surface area contributed by atoms with Crippen molar-refractivity contribution in [3.63, 3.8) is 0 Å². The Labute approximate surface area is 114 Å². The van der Waals surface area contributed by atoms with Crippen molar-refractivity contribution in [1.82, 2.24) is 9.97 Å². The van der Waals surface area contributed by atoms with Crippen molar-refractivity contribution >= 4 is 23.4 Å². The van der Waals surface area contributed by atoms with Gasteiger partial charge >= 0.3 is 5.69 Å². The zero-order chi connectivity index (χ0) is 13.7. The highest BCUT2D eigenvalue weighted by atomic mass is 32.2. The first kappa shape index (κ1) is 13.4. The minimum Gasteiger partial charge on any atom is -0.325 e. The zero-order valence-corrected chi connectivity index (χ0v) is 11.2. The molecule has 1 amide bonds. The Morgan fingerprint density at radius 3 is 3.00 bits per heavy atom.